The number of amides is 1. The molecule has 0 aliphatic carbocycles. The van der Waals surface area contributed by atoms with Gasteiger partial charge in [-0.15, -0.1) is 13.2 Å². The van der Waals surface area contributed by atoms with E-state index in [2.05, 4.69) is 25.3 Å². The molecule has 1 amide bonds. The third kappa shape index (κ3) is 2.82. The summed E-state index contributed by atoms with van der Waals surface area (Å²) in [4.78, 5) is 13.5. The van der Waals surface area contributed by atoms with Gasteiger partial charge >= 0.3 is 0 Å². The van der Waals surface area contributed by atoms with Crippen LogP contribution in [0.2, 0.25) is 0 Å². The van der Waals surface area contributed by atoms with Gasteiger partial charge in [-0.3, -0.25) is 4.79 Å². The highest BCUT2D eigenvalue weighted by molar-refractivity contribution is 5.74. The van der Waals surface area contributed by atoms with E-state index in [0.29, 0.717) is 0 Å². The summed E-state index contributed by atoms with van der Waals surface area (Å²) < 4.78 is 0. The van der Waals surface area contributed by atoms with E-state index in [1.54, 1.807) is 6.92 Å². The topological polar surface area (TPSA) is 20.3 Å². The first kappa shape index (κ1) is 11.8. The highest BCUT2D eigenvalue weighted by atomic mass is 16.2. The van der Waals surface area contributed by atoms with Crippen molar-refractivity contribution in [1.29, 1.82) is 0 Å². The molecule has 15 heavy (non-hydrogen) atoms. The van der Waals surface area contributed by atoms with Crippen LogP contribution in [0.3, 0.4) is 0 Å². The van der Waals surface area contributed by atoms with Crippen molar-refractivity contribution in [3.05, 3.63) is 37.5 Å². The number of carbonyl (C=O) groups excluding carboxylic acids is 1. The van der Waals surface area contributed by atoms with E-state index in [1.807, 2.05) is 17.1 Å². The lowest BCUT2D eigenvalue weighted by Gasteiger charge is -2.38. The van der Waals surface area contributed by atoms with Gasteiger partial charge in [-0.2, -0.15) is 0 Å². The summed E-state index contributed by atoms with van der Waals surface area (Å²) in [5.74, 6) is 0.137. The summed E-state index contributed by atoms with van der Waals surface area (Å²) in [6, 6.07) is 0.452. The molecule has 0 spiro atoms. The molecule has 0 aromatic rings. The van der Waals surface area contributed by atoms with Gasteiger partial charge in [-0.05, 0) is 19.3 Å². The fraction of sp³-hybridized carbons (Fsp3) is 0.462. The fourth-order valence-corrected chi connectivity index (χ4v) is 2.13. The molecular formula is C13H19NO. The average molecular weight is 205 g/mol. The molecule has 0 saturated heterocycles. The first-order valence-corrected chi connectivity index (χ1v) is 5.38. The summed E-state index contributed by atoms with van der Waals surface area (Å²) in [6.07, 6.45) is 10.6. The molecule has 2 heteroatoms. The molecule has 82 valence electrons. The van der Waals surface area contributed by atoms with Crippen molar-refractivity contribution < 1.29 is 4.79 Å². The van der Waals surface area contributed by atoms with Crippen LogP contribution in [0.1, 0.15) is 26.2 Å². The van der Waals surface area contributed by atoms with Crippen LogP contribution in [0.15, 0.2) is 37.5 Å². The van der Waals surface area contributed by atoms with Crippen LogP contribution in [-0.4, -0.2) is 22.9 Å². The van der Waals surface area contributed by atoms with Crippen molar-refractivity contribution in [2.75, 3.05) is 0 Å². The standard InChI is InChI=1S/C13H19NO/c1-4-7-12-9-6-10-13(8-5-2)14(12)11(3)15/h4-6,9,12-13H,1-2,7-8,10H2,3H3/t12-,13+/m0/s1. The Morgan fingerprint density at radius 1 is 1.47 bits per heavy atom. The van der Waals surface area contributed by atoms with E-state index in [4.69, 9.17) is 0 Å². The molecule has 0 fully saturated rings. The lowest BCUT2D eigenvalue weighted by Crippen LogP contribution is -2.46. The van der Waals surface area contributed by atoms with Crippen molar-refractivity contribution in [2.45, 2.75) is 38.3 Å². The van der Waals surface area contributed by atoms with Crippen LogP contribution in [0.4, 0.5) is 0 Å². The second-order valence-corrected chi connectivity index (χ2v) is 3.86. The Morgan fingerprint density at radius 2 is 2.13 bits per heavy atom. The quantitative estimate of drug-likeness (QED) is 0.646. The molecule has 0 aromatic carbocycles. The smallest absolute Gasteiger partial charge is 0.220 e. The van der Waals surface area contributed by atoms with E-state index >= 15 is 0 Å². The molecule has 0 saturated carbocycles. The summed E-state index contributed by atoms with van der Waals surface area (Å²) in [5, 5.41) is 0. The third-order valence-corrected chi connectivity index (χ3v) is 2.73. The molecule has 1 aliphatic heterocycles. The van der Waals surface area contributed by atoms with Gasteiger partial charge in [0.15, 0.2) is 0 Å². The lowest BCUT2D eigenvalue weighted by atomic mass is 9.98. The normalized spacial score (nSPS) is 25.0. The Bertz CT molecular complexity index is 280. The predicted octanol–water partition coefficient (Wildman–Crippen LogP) is 2.68. The van der Waals surface area contributed by atoms with Crippen LogP contribution >= 0.6 is 0 Å². The summed E-state index contributed by atoms with van der Waals surface area (Å²) >= 11 is 0. The van der Waals surface area contributed by atoms with Crippen LogP contribution in [0, 0.1) is 0 Å². The molecule has 2 nitrogen and oxygen atoms in total. The number of nitrogens with zero attached hydrogens (tertiary/aromatic N) is 1. The van der Waals surface area contributed by atoms with Crippen LogP contribution in [-0.2, 0) is 4.79 Å². The SMILES string of the molecule is C=CC[C@@H]1CC=C[C@H](CC=C)N1C(C)=O. The van der Waals surface area contributed by atoms with Crippen molar-refractivity contribution >= 4 is 5.91 Å². The minimum Gasteiger partial charge on any atom is -0.333 e. The first-order valence-electron chi connectivity index (χ1n) is 5.38. The van der Waals surface area contributed by atoms with Gasteiger partial charge in [-0.25, -0.2) is 0 Å². The largest absolute Gasteiger partial charge is 0.333 e. The fourth-order valence-electron chi connectivity index (χ4n) is 2.13. The molecular weight excluding hydrogens is 186 g/mol. The molecule has 1 rings (SSSR count). The molecule has 0 unspecified atom stereocenters. The van der Waals surface area contributed by atoms with Crippen LogP contribution < -0.4 is 0 Å². The zero-order valence-corrected chi connectivity index (χ0v) is 9.36. The third-order valence-electron chi connectivity index (χ3n) is 2.73. The van der Waals surface area contributed by atoms with E-state index in [0.717, 1.165) is 19.3 Å². The molecule has 0 aromatic heterocycles. The second kappa shape index (κ2) is 5.54. The van der Waals surface area contributed by atoms with Crippen molar-refractivity contribution in [1.82, 2.24) is 4.90 Å². The van der Waals surface area contributed by atoms with E-state index in [1.165, 1.54) is 0 Å². The van der Waals surface area contributed by atoms with Crippen LogP contribution in [0.5, 0.6) is 0 Å². The molecule has 2 atom stereocenters. The van der Waals surface area contributed by atoms with Gasteiger partial charge in [-0.1, -0.05) is 24.3 Å². The zero-order chi connectivity index (χ0) is 11.3. The number of carbonyl (C=O) groups is 1. The monoisotopic (exact) mass is 205 g/mol. The Hall–Kier alpha value is -1.31. The van der Waals surface area contributed by atoms with E-state index in [9.17, 15) is 4.79 Å². The summed E-state index contributed by atoms with van der Waals surface area (Å²) in [6.45, 7) is 9.10. The van der Waals surface area contributed by atoms with Gasteiger partial charge in [0, 0.05) is 13.0 Å². The zero-order valence-electron chi connectivity index (χ0n) is 9.36. The average Bonchev–Trinajstić information content (AvgIpc) is 2.18. The predicted molar refractivity (Wildman–Crippen MR) is 63.5 cm³/mol. The maximum Gasteiger partial charge on any atom is 0.220 e. The first-order chi connectivity index (χ1) is 7.20. The van der Waals surface area contributed by atoms with E-state index < -0.39 is 0 Å². The highest BCUT2D eigenvalue weighted by Gasteiger charge is 2.27. The Morgan fingerprint density at radius 3 is 2.67 bits per heavy atom. The number of rotatable bonds is 4. The summed E-state index contributed by atoms with van der Waals surface area (Å²) in [7, 11) is 0. The maximum absolute atomic E-state index is 11.6. The lowest BCUT2D eigenvalue weighted by molar-refractivity contribution is -0.133. The van der Waals surface area contributed by atoms with Gasteiger partial charge in [0.25, 0.3) is 0 Å². The minimum absolute atomic E-state index is 0.137. The Balaban J connectivity index is 2.82. The van der Waals surface area contributed by atoms with Gasteiger partial charge < -0.3 is 4.90 Å². The number of hydrogen-bond donors (Lipinski definition) is 0. The van der Waals surface area contributed by atoms with Crippen LogP contribution in [0.25, 0.3) is 0 Å². The van der Waals surface area contributed by atoms with Crippen molar-refractivity contribution in [2.24, 2.45) is 0 Å². The van der Waals surface area contributed by atoms with Gasteiger partial charge in [0.1, 0.15) is 0 Å². The summed E-state index contributed by atoms with van der Waals surface area (Å²) in [5.41, 5.74) is 0. The van der Waals surface area contributed by atoms with Crippen molar-refractivity contribution in [3.63, 3.8) is 0 Å². The van der Waals surface area contributed by atoms with Gasteiger partial charge in [0.05, 0.1) is 6.04 Å². The second-order valence-electron chi connectivity index (χ2n) is 3.86. The molecule has 0 bridgehead atoms. The number of hydrogen-bond acceptors (Lipinski definition) is 1. The molecule has 1 heterocycles. The Kier molecular flexibility index (Phi) is 4.35. The molecule has 0 radical (unpaired) electrons. The molecule has 1 aliphatic rings. The van der Waals surface area contributed by atoms with E-state index in [-0.39, 0.29) is 18.0 Å². The maximum atomic E-state index is 11.6. The molecule has 0 N–H and O–H groups in total. The highest BCUT2D eigenvalue weighted by Crippen LogP contribution is 2.22. The Labute approximate surface area is 92.0 Å². The minimum atomic E-state index is 0.137. The van der Waals surface area contributed by atoms with Gasteiger partial charge in [0.2, 0.25) is 5.91 Å². The van der Waals surface area contributed by atoms with Crippen molar-refractivity contribution in [3.8, 4) is 0 Å².